The molecule has 1 N–H and O–H groups in total. The minimum Gasteiger partial charge on any atom is -0.481 e. The summed E-state index contributed by atoms with van der Waals surface area (Å²) in [5, 5.41) is 12.5. The lowest BCUT2D eigenvalue weighted by molar-refractivity contribution is -0.136. The predicted molar refractivity (Wildman–Crippen MR) is 64.2 cm³/mol. The number of hydrogen-bond acceptors (Lipinski definition) is 4. The number of nitrogens with zero attached hydrogens (tertiary/aromatic N) is 2. The number of carbonyl (C=O) groups is 1. The van der Waals surface area contributed by atoms with Crippen molar-refractivity contribution in [2.75, 3.05) is 0 Å². The molecule has 94 valence electrons. The van der Waals surface area contributed by atoms with Crippen LogP contribution in [-0.4, -0.2) is 21.2 Å². The molecule has 18 heavy (non-hydrogen) atoms. The van der Waals surface area contributed by atoms with Crippen LogP contribution in [-0.2, 0) is 16.6 Å². The highest BCUT2D eigenvalue weighted by Crippen LogP contribution is 2.28. The summed E-state index contributed by atoms with van der Waals surface area (Å²) in [6.45, 7) is 3.94. The summed E-state index contributed by atoms with van der Waals surface area (Å²) in [6.07, 6.45) is -0.252. The molecule has 0 atom stereocenters. The van der Waals surface area contributed by atoms with Gasteiger partial charge in [0.05, 0.1) is 5.41 Å². The highest BCUT2D eigenvalue weighted by Gasteiger charge is 2.29. The molecule has 0 fully saturated rings. The number of benzene rings is 1. The Bertz CT molecular complexity index is 546. The van der Waals surface area contributed by atoms with Gasteiger partial charge in [-0.05, 0) is 19.4 Å². The van der Waals surface area contributed by atoms with Gasteiger partial charge in [0, 0.05) is 0 Å². The zero-order valence-electron chi connectivity index (χ0n) is 10.3. The first kappa shape index (κ1) is 12.3. The van der Waals surface area contributed by atoms with Crippen LogP contribution in [0.2, 0.25) is 0 Å². The Labute approximate surface area is 104 Å². The standard InChI is InChI=1S/C13H14N2O3/c1-13(2,9-6-4-3-5-7-9)12-14-10(18-15-12)8-11(16)17/h3-7H,8H2,1-2H3,(H,16,17). The van der Waals surface area contributed by atoms with Gasteiger partial charge in [-0.3, -0.25) is 4.79 Å². The van der Waals surface area contributed by atoms with E-state index in [0.717, 1.165) is 5.56 Å². The van der Waals surface area contributed by atoms with Crippen molar-refractivity contribution in [1.82, 2.24) is 10.1 Å². The molecule has 0 radical (unpaired) electrons. The molecule has 5 nitrogen and oxygen atoms in total. The van der Waals surface area contributed by atoms with Crippen molar-refractivity contribution < 1.29 is 14.4 Å². The largest absolute Gasteiger partial charge is 0.481 e. The summed E-state index contributed by atoms with van der Waals surface area (Å²) >= 11 is 0. The Kier molecular flexibility index (Phi) is 3.14. The summed E-state index contributed by atoms with van der Waals surface area (Å²) in [7, 11) is 0. The van der Waals surface area contributed by atoms with Gasteiger partial charge in [0.2, 0.25) is 5.89 Å². The van der Waals surface area contributed by atoms with E-state index in [2.05, 4.69) is 10.1 Å². The van der Waals surface area contributed by atoms with E-state index < -0.39 is 11.4 Å². The zero-order valence-corrected chi connectivity index (χ0v) is 10.3. The lowest BCUT2D eigenvalue weighted by Gasteiger charge is -2.20. The van der Waals surface area contributed by atoms with Crippen molar-refractivity contribution in [2.24, 2.45) is 0 Å². The monoisotopic (exact) mass is 246 g/mol. The second-order valence-corrected chi connectivity index (χ2v) is 4.57. The van der Waals surface area contributed by atoms with Gasteiger partial charge >= 0.3 is 5.97 Å². The van der Waals surface area contributed by atoms with Crippen molar-refractivity contribution in [1.29, 1.82) is 0 Å². The van der Waals surface area contributed by atoms with E-state index in [0.29, 0.717) is 5.82 Å². The van der Waals surface area contributed by atoms with Gasteiger partial charge in [-0.25, -0.2) is 0 Å². The van der Waals surface area contributed by atoms with Crippen LogP contribution >= 0.6 is 0 Å². The number of aromatic nitrogens is 2. The van der Waals surface area contributed by atoms with E-state index in [1.54, 1.807) is 0 Å². The molecule has 1 heterocycles. The summed E-state index contributed by atoms with van der Waals surface area (Å²) in [6, 6.07) is 9.77. The van der Waals surface area contributed by atoms with Gasteiger partial charge in [-0.15, -0.1) is 0 Å². The fraction of sp³-hybridized carbons (Fsp3) is 0.308. The van der Waals surface area contributed by atoms with Gasteiger partial charge in [0.25, 0.3) is 0 Å². The Balaban J connectivity index is 2.30. The van der Waals surface area contributed by atoms with Crippen LogP contribution in [0.1, 0.15) is 31.1 Å². The average molecular weight is 246 g/mol. The lowest BCUT2D eigenvalue weighted by atomic mass is 9.84. The molecule has 0 spiro atoms. The van der Waals surface area contributed by atoms with Crippen molar-refractivity contribution in [2.45, 2.75) is 25.7 Å². The first-order valence-corrected chi connectivity index (χ1v) is 5.60. The minimum atomic E-state index is -0.984. The second kappa shape index (κ2) is 4.60. The maximum absolute atomic E-state index is 10.6. The van der Waals surface area contributed by atoms with Crippen molar-refractivity contribution in [3.05, 3.63) is 47.6 Å². The van der Waals surface area contributed by atoms with Gasteiger partial charge in [-0.2, -0.15) is 4.98 Å². The van der Waals surface area contributed by atoms with Crippen LogP contribution in [0.5, 0.6) is 0 Å². The lowest BCUT2D eigenvalue weighted by Crippen LogP contribution is -2.20. The number of carboxylic acid groups (broad SMARTS) is 1. The van der Waals surface area contributed by atoms with Crippen LogP contribution in [0.25, 0.3) is 0 Å². The van der Waals surface area contributed by atoms with E-state index in [4.69, 9.17) is 9.63 Å². The van der Waals surface area contributed by atoms with Crippen LogP contribution in [0, 0.1) is 0 Å². The van der Waals surface area contributed by atoms with E-state index in [9.17, 15) is 4.79 Å². The van der Waals surface area contributed by atoms with Crippen LogP contribution in [0.4, 0.5) is 0 Å². The normalized spacial score (nSPS) is 11.4. The summed E-state index contributed by atoms with van der Waals surface area (Å²) < 4.78 is 4.94. The molecule has 0 unspecified atom stereocenters. The van der Waals surface area contributed by atoms with Crippen LogP contribution in [0.15, 0.2) is 34.9 Å². The number of carboxylic acids is 1. The van der Waals surface area contributed by atoms with E-state index in [1.807, 2.05) is 44.2 Å². The molecule has 2 aromatic rings. The van der Waals surface area contributed by atoms with Crippen molar-refractivity contribution in [3.63, 3.8) is 0 Å². The first-order chi connectivity index (χ1) is 8.50. The Morgan fingerprint density at radius 2 is 2.00 bits per heavy atom. The van der Waals surface area contributed by atoms with Crippen molar-refractivity contribution in [3.8, 4) is 0 Å². The molecule has 0 aliphatic rings. The Morgan fingerprint density at radius 1 is 1.33 bits per heavy atom. The molecule has 2 rings (SSSR count). The van der Waals surface area contributed by atoms with E-state index in [-0.39, 0.29) is 12.3 Å². The van der Waals surface area contributed by atoms with E-state index >= 15 is 0 Å². The molecular formula is C13H14N2O3. The fourth-order valence-corrected chi connectivity index (χ4v) is 1.69. The SMILES string of the molecule is CC(C)(c1ccccc1)c1noc(CC(=O)O)n1. The van der Waals surface area contributed by atoms with Gasteiger partial charge < -0.3 is 9.63 Å². The topological polar surface area (TPSA) is 76.2 Å². The molecule has 1 aromatic heterocycles. The Hall–Kier alpha value is -2.17. The maximum atomic E-state index is 10.6. The maximum Gasteiger partial charge on any atom is 0.312 e. The van der Waals surface area contributed by atoms with Crippen LogP contribution < -0.4 is 0 Å². The molecular weight excluding hydrogens is 232 g/mol. The first-order valence-electron chi connectivity index (χ1n) is 5.60. The highest BCUT2D eigenvalue weighted by atomic mass is 16.5. The van der Waals surface area contributed by atoms with E-state index in [1.165, 1.54) is 0 Å². The fourth-order valence-electron chi connectivity index (χ4n) is 1.69. The predicted octanol–water partition coefficient (Wildman–Crippen LogP) is 2.02. The molecule has 1 aromatic carbocycles. The summed E-state index contributed by atoms with van der Waals surface area (Å²) in [5.74, 6) is -0.367. The quantitative estimate of drug-likeness (QED) is 0.893. The molecule has 0 amide bonds. The smallest absolute Gasteiger partial charge is 0.312 e. The number of hydrogen-bond donors (Lipinski definition) is 1. The molecule has 0 saturated carbocycles. The summed E-state index contributed by atoms with van der Waals surface area (Å²) in [5.41, 5.74) is 0.634. The number of rotatable bonds is 4. The molecule has 0 aliphatic carbocycles. The zero-order chi connectivity index (χ0) is 13.2. The molecule has 0 bridgehead atoms. The second-order valence-electron chi connectivity index (χ2n) is 4.57. The third kappa shape index (κ3) is 2.40. The van der Waals surface area contributed by atoms with Gasteiger partial charge in [-0.1, -0.05) is 35.5 Å². The number of aliphatic carboxylic acids is 1. The van der Waals surface area contributed by atoms with Crippen LogP contribution in [0.3, 0.4) is 0 Å². The molecule has 0 saturated heterocycles. The molecule has 5 heteroatoms. The van der Waals surface area contributed by atoms with Gasteiger partial charge in [0.1, 0.15) is 6.42 Å². The third-order valence-electron chi connectivity index (χ3n) is 2.83. The van der Waals surface area contributed by atoms with Crippen molar-refractivity contribution >= 4 is 5.97 Å². The summed E-state index contributed by atoms with van der Waals surface area (Å²) in [4.78, 5) is 14.7. The third-order valence-corrected chi connectivity index (χ3v) is 2.83. The molecule has 0 aliphatic heterocycles. The average Bonchev–Trinajstić information content (AvgIpc) is 2.78. The van der Waals surface area contributed by atoms with Gasteiger partial charge in [0.15, 0.2) is 5.82 Å². The highest BCUT2D eigenvalue weighted by molar-refractivity contribution is 5.68. The Morgan fingerprint density at radius 3 is 2.61 bits per heavy atom. The minimum absolute atomic E-state index is 0.126.